The summed E-state index contributed by atoms with van der Waals surface area (Å²) in [7, 11) is 0. The van der Waals surface area contributed by atoms with Crippen LogP contribution < -0.4 is 0 Å². The summed E-state index contributed by atoms with van der Waals surface area (Å²) in [5, 5.41) is 0. The van der Waals surface area contributed by atoms with Crippen molar-refractivity contribution in [1.82, 2.24) is 0 Å². The Kier molecular flexibility index (Phi) is 3.04. The average molecular weight is 190 g/mol. The monoisotopic (exact) mass is 190 g/mol. The molecule has 0 bridgehead atoms. The third kappa shape index (κ3) is 2.37. The van der Waals surface area contributed by atoms with Gasteiger partial charge in [0.25, 0.3) is 0 Å². The maximum absolute atomic E-state index is 2.36. The Hall–Kier alpha value is -0.780. The van der Waals surface area contributed by atoms with E-state index in [-0.39, 0.29) is 5.41 Å². The topological polar surface area (TPSA) is 0 Å². The van der Waals surface area contributed by atoms with Crippen LogP contribution in [0.4, 0.5) is 0 Å². The van der Waals surface area contributed by atoms with Gasteiger partial charge in [0, 0.05) is 5.41 Å². The molecule has 0 fully saturated rings. The van der Waals surface area contributed by atoms with Crippen LogP contribution in [0.1, 0.15) is 41.5 Å². The van der Waals surface area contributed by atoms with Gasteiger partial charge in [-0.2, -0.15) is 0 Å². The normalized spacial score (nSPS) is 27.0. The molecule has 1 unspecified atom stereocenters. The lowest BCUT2D eigenvalue weighted by atomic mass is 9.82. The minimum atomic E-state index is 0.195. The fourth-order valence-corrected chi connectivity index (χ4v) is 1.90. The van der Waals surface area contributed by atoms with Gasteiger partial charge in [-0.1, -0.05) is 50.1 Å². The molecule has 0 nitrogen and oxygen atoms in total. The van der Waals surface area contributed by atoms with Crippen LogP contribution in [0.2, 0.25) is 0 Å². The third-order valence-electron chi connectivity index (χ3n) is 3.27. The quantitative estimate of drug-likeness (QED) is 0.493. The summed E-state index contributed by atoms with van der Waals surface area (Å²) >= 11 is 0. The predicted octanol–water partition coefficient (Wildman–Crippen LogP) is 4.50. The first-order chi connectivity index (χ1) is 6.33. The molecule has 1 aliphatic rings. The minimum absolute atomic E-state index is 0.195. The van der Waals surface area contributed by atoms with E-state index in [2.05, 4.69) is 59.8 Å². The average Bonchev–Trinajstić information content (AvgIpc) is 2.10. The highest BCUT2D eigenvalue weighted by atomic mass is 14.2. The van der Waals surface area contributed by atoms with Crippen molar-refractivity contribution in [3.8, 4) is 0 Å². The molecule has 14 heavy (non-hydrogen) atoms. The number of hydrogen-bond acceptors (Lipinski definition) is 0. The second-order valence-electron chi connectivity index (χ2n) is 5.10. The molecule has 0 aromatic carbocycles. The van der Waals surface area contributed by atoms with Crippen LogP contribution in [0, 0.1) is 11.3 Å². The first-order valence-electron chi connectivity index (χ1n) is 5.40. The lowest BCUT2D eigenvalue weighted by Gasteiger charge is -2.23. The van der Waals surface area contributed by atoms with E-state index in [0.29, 0.717) is 5.92 Å². The van der Waals surface area contributed by atoms with E-state index in [0.717, 1.165) is 0 Å². The Balaban J connectivity index is 3.25. The molecule has 1 atom stereocenters. The molecule has 0 saturated carbocycles. The Morgan fingerprint density at radius 3 is 2.29 bits per heavy atom. The summed E-state index contributed by atoms with van der Waals surface area (Å²) in [4.78, 5) is 0. The van der Waals surface area contributed by atoms with Gasteiger partial charge < -0.3 is 0 Å². The molecular weight excluding hydrogens is 168 g/mol. The summed E-state index contributed by atoms with van der Waals surface area (Å²) < 4.78 is 0. The Bertz CT molecular complexity index is 311. The maximum Gasteiger partial charge on any atom is 0.00104 e. The van der Waals surface area contributed by atoms with Gasteiger partial charge in [-0.15, -0.1) is 0 Å². The Morgan fingerprint density at radius 1 is 1.14 bits per heavy atom. The fourth-order valence-electron chi connectivity index (χ4n) is 1.90. The molecule has 0 spiro atoms. The van der Waals surface area contributed by atoms with Gasteiger partial charge in [0.15, 0.2) is 0 Å². The minimum Gasteiger partial charge on any atom is -0.0808 e. The molecule has 0 aromatic heterocycles. The molecule has 78 valence electrons. The molecule has 1 aliphatic carbocycles. The van der Waals surface area contributed by atoms with Crippen molar-refractivity contribution in [3.05, 3.63) is 34.9 Å². The van der Waals surface area contributed by atoms with E-state index in [1.54, 1.807) is 0 Å². The molecule has 0 aromatic rings. The standard InChI is InChI=1S/C14H22/c1-10-7-8-14(5,6)9-11(2)13(4)12(10)3/h7-10H,1-6H3. The van der Waals surface area contributed by atoms with Crippen LogP contribution in [-0.4, -0.2) is 0 Å². The predicted molar refractivity (Wildman–Crippen MR) is 64.2 cm³/mol. The molecule has 0 saturated heterocycles. The van der Waals surface area contributed by atoms with E-state index >= 15 is 0 Å². The molecule has 0 radical (unpaired) electrons. The summed E-state index contributed by atoms with van der Waals surface area (Å²) in [6.45, 7) is 13.5. The highest BCUT2D eigenvalue weighted by Gasteiger charge is 2.16. The maximum atomic E-state index is 2.36. The van der Waals surface area contributed by atoms with Gasteiger partial charge >= 0.3 is 0 Å². The van der Waals surface area contributed by atoms with E-state index in [1.165, 1.54) is 16.7 Å². The molecular formula is C14H22. The van der Waals surface area contributed by atoms with Gasteiger partial charge in [-0.05, 0) is 32.3 Å². The van der Waals surface area contributed by atoms with Crippen LogP contribution in [0.25, 0.3) is 0 Å². The molecule has 0 N–H and O–H groups in total. The number of rotatable bonds is 0. The van der Waals surface area contributed by atoms with Gasteiger partial charge in [-0.25, -0.2) is 0 Å². The van der Waals surface area contributed by atoms with Crippen molar-refractivity contribution in [3.63, 3.8) is 0 Å². The second-order valence-corrected chi connectivity index (χ2v) is 5.10. The zero-order valence-corrected chi connectivity index (χ0v) is 10.3. The smallest absolute Gasteiger partial charge is 0.00104 e. The summed E-state index contributed by atoms with van der Waals surface area (Å²) in [5.74, 6) is 0.568. The van der Waals surface area contributed by atoms with E-state index in [4.69, 9.17) is 0 Å². The van der Waals surface area contributed by atoms with Crippen LogP contribution >= 0.6 is 0 Å². The van der Waals surface area contributed by atoms with Gasteiger partial charge in [0.1, 0.15) is 0 Å². The van der Waals surface area contributed by atoms with Crippen molar-refractivity contribution >= 4 is 0 Å². The van der Waals surface area contributed by atoms with E-state index in [9.17, 15) is 0 Å². The fraction of sp³-hybridized carbons (Fsp3) is 0.571. The van der Waals surface area contributed by atoms with Gasteiger partial charge in [0.05, 0.1) is 0 Å². The van der Waals surface area contributed by atoms with Crippen molar-refractivity contribution in [2.24, 2.45) is 11.3 Å². The highest BCUT2D eigenvalue weighted by Crippen LogP contribution is 2.30. The summed E-state index contributed by atoms with van der Waals surface area (Å²) in [5.41, 5.74) is 4.56. The molecule has 0 heteroatoms. The van der Waals surface area contributed by atoms with Crippen LogP contribution in [-0.2, 0) is 0 Å². The molecule has 0 aliphatic heterocycles. The van der Waals surface area contributed by atoms with E-state index in [1.807, 2.05) is 0 Å². The van der Waals surface area contributed by atoms with Crippen molar-refractivity contribution in [2.45, 2.75) is 41.5 Å². The van der Waals surface area contributed by atoms with Crippen molar-refractivity contribution in [2.75, 3.05) is 0 Å². The Labute approximate surface area is 88.4 Å². The lowest BCUT2D eigenvalue weighted by molar-refractivity contribution is 0.609. The SMILES string of the molecule is CC1=CC(C)(C)C=CC(C)C(C)=C1C. The largest absolute Gasteiger partial charge is 0.0808 e. The zero-order chi connectivity index (χ0) is 10.9. The van der Waals surface area contributed by atoms with Crippen molar-refractivity contribution < 1.29 is 0 Å². The number of allylic oxidation sites excluding steroid dienone is 6. The Morgan fingerprint density at radius 2 is 1.71 bits per heavy atom. The summed E-state index contributed by atoms with van der Waals surface area (Å²) in [6.07, 6.45) is 6.99. The zero-order valence-electron chi connectivity index (χ0n) is 10.3. The first kappa shape index (κ1) is 11.3. The first-order valence-corrected chi connectivity index (χ1v) is 5.40. The summed E-state index contributed by atoms with van der Waals surface area (Å²) in [6, 6.07) is 0. The highest BCUT2D eigenvalue weighted by molar-refractivity contribution is 5.37. The van der Waals surface area contributed by atoms with Gasteiger partial charge in [0.2, 0.25) is 0 Å². The van der Waals surface area contributed by atoms with Crippen LogP contribution in [0.15, 0.2) is 34.9 Å². The third-order valence-corrected chi connectivity index (χ3v) is 3.27. The molecule has 1 rings (SSSR count). The van der Waals surface area contributed by atoms with Crippen LogP contribution in [0.5, 0.6) is 0 Å². The number of hydrogen-bond donors (Lipinski definition) is 0. The lowest BCUT2D eigenvalue weighted by Crippen LogP contribution is -2.09. The van der Waals surface area contributed by atoms with Crippen LogP contribution in [0.3, 0.4) is 0 Å². The molecule has 0 amide bonds. The van der Waals surface area contributed by atoms with Crippen molar-refractivity contribution in [1.29, 1.82) is 0 Å². The van der Waals surface area contributed by atoms with Gasteiger partial charge in [-0.3, -0.25) is 0 Å². The second kappa shape index (κ2) is 3.76. The van der Waals surface area contributed by atoms with E-state index < -0.39 is 0 Å². The molecule has 0 heterocycles.